The molecule has 2 aromatic heterocycles. The minimum absolute atomic E-state index is 0.0563. The maximum Gasteiger partial charge on any atom is 0.226 e. The van der Waals surface area contributed by atoms with Gasteiger partial charge in [-0.05, 0) is 18.8 Å². The number of nitrogens with one attached hydrogen (secondary N) is 1. The average molecular weight is 340 g/mol. The Morgan fingerprint density at radius 1 is 1.20 bits per heavy atom. The van der Waals surface area contributed by atoms with Crippen molar-refractivity contribution in [3.05, 3.63) is 31.1 Å². The number of carbonyl (C=O) groups excluding carboxylic acids is 1. The summed E-state index contributed by atoms with van der Waals surface area (Å²) in [4.78, 5) is 27.3. The van der Waals surface area contributed by atoms with Crippen molar-refractivity contribution in [2.24, 2.45) is 11.8 Å². The number of hydrogen-bond donors (Lipinski definition) is 1. The Labute approximate surface area is 147 Å². The number of hydrogen-bond acceptors (Lipinski definition) is 5. The van der Waals surface area contributed by atoms with E-state index in [0.717, 1.165) is 18.1 Å². The molecule has 2 aromatic rings. The molecule has 0 spiro atoms. The van der Waals surface area contributed by atoms with E-state index in [-0.39, 0.29) is 11.8 Å². The van der Waals surface area contributed by atoms with Gasteiger partial charge in [0.2, 0.25) is 5.91 Å². The van der Waals surface area contributed by atoms with Gasteiger partial charge in [0.25, 0.3) is 0 Å². The Bertz CT molecular complexity index is 725. The number of amides is 1. The van der Waals surface area contributed by atoms with Crippen molar-refractivity contribution in [2.45, 2.75) is 38.6 Å². The number of carbonyl (C=O) groups is 1. The molecule has 1 aliphatic carbocycles. The highest BCUT2D eigenvalue weighted by Gasteiger charge is 2.35. The number of rotatable bonds is 4. The first-order valence-electron chi connectivity index (χ1n) is 9.06. The lowest BCUT2D eigenvalue weighted by Crippen LogP contribution is -2.56. The van der Waals surface area contributed by atoms with Gasteiger partial charge in [0, 0.05) is 37.6 Å². The van der Waals surface area contributed by atoms with Gasteiger partial charge in [-0.3, -0.25) is 9.36 Å². The van der Waals surface area contributed by atoms with Gasteiger partial charge in [-0.2, -0.15) is 0 Å². The van der Waals surface area contributed by atoms with Crippen LogP contribution in [-0.2, 0) is 4.79 Å². The zero-order valence-corrected chi connectivity index (χ0v) is 14.5. The summed E-state index contributed by atoms with van der Waals surface area (Å²) in [5, 5.41) is 3.27. The van der Waals surface area contributed by atoms with Gasteiger partial charge in [0.15, 0.2) is 0 Å². The van der Waals surface area contributed by atoms with Crippen LogP contribution in [0.3, 0.4) is 0 Å². The molecule has 4 rings (SSSR count). The molecule has 25 heavy (non-hydrogen) atoms. The molecule has 7 heteroatoms. The Morgan fingerprint density at radius 3 is 2.76 bits per heavy atom. The highest BCUT2D eigenvalue weighted by molar-refractivity contribution is 5.82. The molecule has 2 aliphatic rings. The number of anilines is 1. The van der Waals surface area contributed by atoms with Crippen molar-refractivity contribution in [3.8, 4) is 5.82 Å². The Hall–Kier alpha value is -2.44. The summed E-state index contributed by atoms with van der Waals surface area (Å²) in [5.74, 6) is 2.48. The zero-order chi connectivity index (χ0) is 17.2. The van der Waals surface area contributed by atoms with Crippen LogP contribution in [0.4, 0.5) is 5.82 Å². The summed E-state index contributed by atoms with van der Waals surface area (Å²) in [6, 6.07) is 2.28. The Kier molecular flexibility index (Phi) is 4.38. The second-order valence-corrected chi connectivity index (χ2v) is 7.18. The number of aromatic nitrogens is 4. The monoisotopic (exact) mass is 340 g/mol. The van der Waals surface area contributed by atoms with Crippen molar-refractivity contribution in [2.75, 3.05) is 18.0 Å². The molecule has 1 amide bonds. The topological polar surface area (TPSA) is 75.9 Å². The van der Waals surface area contributed by atoms with Crippen LogP contribution >= 0.6 is 0 Å². The van der Waals surface area contributed by atoms with E-state index >= 15 is 0 Å². The molecule has 132 valence electrons. The van der Waals surface area contributed by atoms with E-state index in [2.05, 4.69) is 32.1 Å². The molecule has 2 atom stereocenters. The SMILES string of the molecule is C[C@@H]1CCCC[C@H]1NC(=O)C1CN(c2cc(-n3ccnc3)ncn2)C1. The molecule has 1 saturated carbocycles. The van der Waals surface area contributed by atoms with E-state index < -0.39 is 0 Å². The van der Waals surface area contributed by atoms with Crippen LogP contribution in [0.15, 0.2) is 31.1 Å². The van der Waals surface area contributed by atoms with Gasteiger partial charge in [0.05, 0.1) is 5.92 Å². The summed E-state index contributed by atoms with van der Waals surface area (Å²) in [6.45, 7) is 3.68. The normalized spacial score (nSPS) is 24.0. The first-order valence-corrected chi connectivity index (χ1v) is 9.06. The number of nitrogens with zero attached hydrogens (tertiary/aromatic N) is 5. The third kappa shape index (κ3) is 3.36. The molecule has 1 N–H and O–H groups in total. The van der Waals surface area contributed by atoms with Crippen LogP contribution in [0.25, 0.3) is 5.82 Å². The average Bonchev–Trinajstić information content (AvgIpc) is 3.10. The molecule has 7 nitrogen and oxygen atoms in total. The van der Waals surface area contributed by atoms with Crippen LogP contribution in [-0.4, -0.2) is 44.6 Å². The molecule has 0 aromatic carbocycles. The summed E-state index contributed by atoms with van der Waals surface area (Å²) in [7, 11) is 0. The molecule has 1 aliphatic heterocycles. The smallest absolute Gasteiger partial charge is 0.226 e. The molecule has 3 heterocycles. The number of imidazole rings is 1. The van der Waals surface area contributed by atoms with Crippen LogP contribution in [0, 0.1) is 11.8 Å². The lowest BCUT2D eigenvalue weighted by Gasteiger charge is -2.40. The first kappa shape index (κ1) is 16.1. The minimum atomic E-state index is 0.0563. The van der Waals surface area contributed by atoms with E-state index in [9.17, 15) is 4.79 Å². The predicted octanol–water partition coefficient (Wildman–Crippen LogP) is 1.79. The van der Waals surface area contributed by atoms with Crippen LogP contribution in [0.5, 0.6) is 0 Å². The van der Waals surface area contributed by atoms with E-state index in [4.69, 9.17) is 0 Å². The third-order valence-corrected chi connectivity index (χ3v) is 5.42. The van der Waals surface area contributed by atoms with Gasteiger partial charge in [-0.1, -0.05) is 19.8 Å². The molecule has 2 fully saturated rings. The Balaban J connectivity index is 1.34. The van der Waals surface area contributed by atoms with Gasteiger partial charge in [-0.25, -0.2) is 15.0 Å². The second-order valence-electron chi connectivity index (χ2n) is 7.18. The molecular formula is C18H24N6O. The maximum absolute atomic E-state index is 12.5. The third-order valence-electron chi connectivity index (χ3n) is 5.42. The summed E-state index contributed by atoms with van der Waals surface area (Å²) in [5.41, 5.74) is 0. The second kappa shape index (κ2) is 6.82. The van der Waals surface area contributed by atoms with Crippen molar-refractivity contribution in [1.29, 1.82) is 0 Å². The molecule has 1 saturated heterocycles. The molecule has 0 unspecified atom stereocenters. The van der Waals surface area contributed by atoms with Crippen LogP contribution < -0.4 is 10.2 Å². The van der Waals surface area contributed by atoms with Crippen LogP contribution in [0.1, 0.15) is 32.6 Å². The van der Waals surface area contributed by atoms with Crippen molar-refractivity contribution >= 4 is 11.7 Å². The fraction of sp³-hybridized carbons (Fsp3) is 0.556. The summed E-state index contributed by atoms with van der Waals surface area (Å²) < 4.78 is 1.85. The lowest BCUT2D eigenvalue weighted by molar-refractivity contribution is -0.127. The fourth-order valence-corrected chi connectivity index (χ4v) is 3.71. The zero-order valence-electron chi connectivity index (χ0n) is 14.5. The minimum Gasteiger partial charge on any atom is -0.355 e. The van der Waals surface area contributed by atoms with Gasteiger partial charge in [-0.15, -0.1) is 0 Å². The van der Waals surface area contributed by atoms with Gasteiger partial charge in [0.1, 0.15) is 24.3 Å². The quantitative estimate of drug-likeness (QED) is 0.918. The standard InChI is InChI=1S/C18H24N6O/c1-13-4-2-3-5-15(13)22-18(25)14-9-24(10-14)17-8-16(20-11-21-17)23-7-6-19-12-23/h6-8,11-15H,2-5,9-10H2,1H3,(H,22,25)/t13-,15-/m1/s1. The molecular weight excluding hydrogens is 316 g/mol. The fourth-order valence-electron chi connectivity index (χ4n) is 3.71. The van der Waals surface area contributed by atoms with Crippen molar-refractivity contribution in [1.82, 2.24) is 24.8 Å². The van der Waals surface area contributed by atoms with Crippen LogP contribution in [0.2, 0.25) is 0 Å². The summed E-state index contributed by atoms with van der Waals surface area (Å²) in [6.07, 6.45) is 11.7. The van der Waals surface area contributed by atoms with E-state index in [1.165, 1.54) is 19.3 Å². The highest BCUT2D eigenvalue weighted by Crippen LogP contribution is 2.27. The van der Waals surface area contributed by atoms with E-state index in [1.54, 1.807) is 18.9 Å². The van der Waals surface area contributed by atoms with E-state index in [1.807, 2.05) is 16.8 Å². The molecule has 0 bridgehead atoms. The first-order chi connectivity index (χ1) is 12.2. The van der Waals surface area contributed by atoms with Crippen molar-refractivity contribution in [3.63, 3.8) is 0 Å². The maximum atomic E-state index is 12.5. The lowest BCUT2D eigenvalue weighted by atomic mass is 9.85. The Morgan fingerprint density at radius 2 is 2.00 bits per heavy atom. The molecule has 0 radical (unpaired) electrons. The van der Waals surface area contributed by atoms with Gasteiger partial charge >= 0.3 is 0 Å². The summed E-state index contributed by atoms with van der Waals surface area (Å²) >= 11 is 0. The van der Waals surface area contributed by atoms with E-state index in [0.29, 0.717) is 25.0 Å². The largest absolute Gasteiger partial charge is 0.355 e. The van der Waals surface area contributed by atoms with Gasteiger partial charge < -0.3 is 10.2 Å². The predicted molar refractivity (Wildman–Crippen MR) is 94.4 cm³/mol. The van der Waals surface area contributed by atoms with Crippen molar-refractivity contribution < 1.29 is 4.79 Å². The highest BCUT2D eigenvalue weighted by atomic mass is 16.2.